The van der Waals surface area contributed by atoms with Crippen molar-refractivity contribution in [3.8, 4) is 0 Å². The van der Waals surface area contributed by atoms with Crippen LogP contribution in [0.25, 0.3) is 0 Å². The number of carbonyl (C=O) groups excluding carboxylic acids is 2. The molecule has 2 N–H and O–H groups in total. The number of aryl methyl sites for hydroxylation is 1. The van der Waals surface area contributed by atoms with Crippen molar-refractivity contribution in [2.24, 2.45) is 0 Å². The van der Waals surface area contributed by atoms with E-state index in [1.165, 1.54) is 18.4 Å². The Morgan fingerprint density at radius 2 is 1.57 bits per heavy atom. The third-order valence-electron chi connectivity index (χ3n) is 3.22. The van der Waals surface area contributed by atoms with Crippen LogP contribution in [0.3, 0.4) is 0 Å². The quantitative estimate of drug-likeness (QED) is 0.732. The lowest BCUT2D eigenvalue weighted by Crippen LogP contribution is -2.37. The van der Waals surface area contributed by atoms with Crippen LogP contribution < -0.4 is 10.6 Å². The van der Waals surface area contributed by atoms with Crippen molar-refractivity contribution in [3.05, 3.63) is 35.4 Å². The number of benzene rings is 1. The van der Waals surface area contributed by atoms with Crippen molar-refractivity contribution >= 4 is 11.8 Å². The van der Waals surface area contributed by atoms with Crippen molar-refractivity contribution in [2.75, 3.05) is 13.1 Å². The molecule has 0 bridgehead atoms. The van der Waals surface area contributed by atoms with Crippen LogP contribution in [0.15, 0.2) is 24.3 Å². The van der Waals surface area contributed by atoms with Gasteiger partial charge in [0.25, 0.3) is 0 Å². The lowest BCUT2D eigenvalue weighted by Gasteiger charge is -2.07. The van der Waals surface area contributed by atoms with Gasteiger partial charge in [-0.1, -0.05) is 44.5 Å². The smallest absolute Gasteiger partial charge is 0.239 e. The van der Waals surface area contributed by atoms with Gasteiger partial charge in [0.2, 0.25) is 11.8 Å². The Labute approximate surface area is 127 Å². The Bertz CT molecular complexity index is 441. The molecule has 1 aromatic carbocycles. The summed E-state index contributed by atoms with van der Waals surface area (Å²) in [4.78, 5) is 23.1. The molecule has 0 aromatic heterocycles. The molecule has 0 fully saturated rings. The van der Waals surface area contributed by atoms with E-state index in [4.69, 9.17) is 0 Å². The van der Waals surface area contributed by atoms with Crippen molar-refractivity contribution < 1.29 is 9.59 Å². The van der Waals surface area contributed by atoms with Gasteiger partial charge in [-0.05, 0) is 30.4 Å². The first kappa shape index (κ1) is 17.2. The van der Waals surface area contributed by atoms with Crippen LogP contribution in [0, 0.1) is 0 Å². The molecule has 0 radical (unpaired) electrons. The Morgan fingerprint density at radius 3 is 2.19 bits per heavy atom. The summed E-state index contributed by atoms with van der Waals surface area (Å²) in [5.41, 5.74) is 2.28. The standard InChI is InChI=1S/C17H26N2O2/c1-3-5-6-14-7-9-15(10-8-14)12-16(20)19-13-17(21)18-11-4-2/h7-10H,3-6,11-13H2,1-2H3,(H,18,21)(H,19,20). The maximum absolute atomic E-state index is 11.8. The average molecular weight is 290 g/mol. The van der Waals surface area contributed by atoms with E-state index in [0.29, 0.717) is 13.0 Å². The molecule has 0 atom stereocenters. The van der Waals surface area contributed by atoms with Gasteiger partial charge in [-0.25, -0.2) is 0 Å². The van der Waals surface area contributed by atoms with Gasteiger partial charge in [0.05, 0.1) is 13.0 Å². The highest BCUT2D eigenvalue weighted by molar-refractivity contribution is 5.85. The second kappa shape index (κ2) is 9.97. The fraction of sp³-hybridized carbons (Fsp3) is 0.529. The third-order valence-corrected chi connectivity index (χ3v) is 3.22. The zero-order valence-corrected chi connectivity index (χ0v) is 13.1. The Balaban J connectivity index is 2.32. The highest BCUT2D eigenvalue weighted by Gasteiger charge is 2.06. The summed E-state index contributed by atoms with van der Waals surface area (Å²) in [5, 5.41) is 5.36. The summed E-state index contributed by atoms with van der Waals surface area (Å²) in [6.45, 7) is 4.86. The molecule has 4 heteroatoms. The molecule has 2 amide bonds. The highest BCUT2D eigenvalue weighted by Crippen LogP contribution is 2.08. The van der Waals surface area contributed by atoms with E-state index in [1.807, 2.05) is 19.1 Å². The maximum atomic E-state index is 11.8. The van der Waals surface area contributed by atoms with Crippen molar-refractivity contribution in [3.63, 3.8) is 0 Å². The van der Waals surface area contributed by atoms with Crippen LogP contribution in [0.5, 0.6) is 0 Å². The summed E-state index contributed by atoms with van der Waals surface area (Å²) < 4.78 is 0. The van der Waals surface area contributed by atoms with Crippen LogP contribution in [0.4, 0.5) is 0 Å². The molecule has 0 aliphatic rings. The molecule has 0 aliphatic heterocycles. The number of nitrogens with one attached hydrogen (secondary N) is 2. The largest absolute Gasteiger partial charge is 0.355 e. The van der Waals surface area contributed by atoms with Crippen LogP contribution >= 0.6 is 0 Å². The second-order valence-electron chi connectivity index (χ2n) is 5.22. The van der Waals surface area contributed by atoms with Crippen LogP contribution in [-0.2, 0) is 22.4 Å². The molecule has 0 saturated heterocycles. The van der Waals surface area contributed by atoms with Crippen molar-refractivity contribution in [2.45, 2.75) is 46.0 Å². The Kier molecular flexibility index (Phi) is 8.17. The van der Waals surface area contributed by atoms with Gasteiger partial charge in [0.1, 0.15) is 0 Å². The molecule has 0 unspecified atom stereocenters. The predicted octanol–water partition coefficient (Wildman–Crippen LogP) is 2.21. The first-order valence-electron chi connectivity index (χ1n) is 7.77. The number of rotatable bonds is 9. The minimum absolute atomic E-state index is 0.0490. The molecule has 1 aromatic rings. The lowest BCUT2D eigenvalue weighted by molar-refractivity contribution is -0.125. The Morgan fingerprint density at radius 1 is 0.905 bits per heavy atom. The fourth-order valence-corrected chi connectivity index (χ4v) is 1.96. The van der Waals surface area contributed by atoms with Crippen LogP contribution in [-0.4, -0.2) is 24.9 Å². The topological polar surface area (TPSA) is 58.2 Å². The minimum atomic E-state index is -0.139. The normalized spacial score (nSPS) is 10.2. The lowest BCUT2D eigenvalue weighted by atomic mass is 10.0. The van der Waals surface area contributed by atoms with E-state index in [2.05, 4.69) is 29.7 Å². The molecule has 0 heterocycles. The molecular weight excluding hydrogens is 264 g/mol. The number of unbranched alkanes of at least 4 members (excludes halogenated alkanes) is 1. The molecule has 116 valence electrons. The number of hydrogen-bond acceptors (Lipinski definition) is 2. The van der Waals surface area contributed by atoms with E-state index >= 15 is 0 Å². The van der Waals surface area contributed by atoms with Crippen molar-refractivity contribution in [1.82, 2.24) is 10.6 Å². The van der Waals surface area contributed by atoms with Gasteiger partial charge in [-0.3, -0.25) is 9.59 Å². The summed E-state index contributed by atoms with van der Waals surface area (Å²) in [6, 6.07) is 8.13. The van der Waals surface area contributed by atoms with Gasteiger partial charge in [0, 0.05) is 6.54 Å². The minimum Gasteiger partial charge on any atom is -0.355 e. The average Bonchev–Trinajstić information content (AvgIpc) is 2.50. The van der Waals surface area contributed by atoms with E-state index < -0.39 is 0 Å². The van der Waals surface area contributed by atoms with Gasteiger partial charge < -0.3 is 10.6 Å². The fourth-order valence-electron chi connectivity index (χ4n) is 1.96. The molecule has 4 nitrogen and oxygen atoms in total. The molecule has 0 aliphatic carbocycles. The van der Waals surface area contributed by atoms with Gasteiger partial charge in [-0.15, -0.1) is 0 Å². The number of carbonyl (C=O) groups is 2. The van der Waals surface area contributed by atoms with Crippen LogP contribution in [0.2, 0.25) is 0 Å². The maximum Gasteiger partial charge on any atom is 0.239 e. The molecule has 0 spiro atoms. The molecular formula is C17H26N2O2. The zero-order chi connectivity index (χ0) is 15.5. The number of hydrogen-bond donors (Lipinski definition) is 2. The zero-order valence-electron chi connectivity index (χ0n) is 13.1. The van der Waals surface area contributed by atoms with E-state index in [0.717, 1.165) is 18.4 Å². The third kappa shape index (κ3) is 7.49. The Hall–Kier alpha value is -1.84. The highest BCUT2D eigenvalue weighted by atomic mass is 16.2. The molecule has 1 rings (SSSR count). The van der Waals surface area contributed by atoms with Crippen LogP contribution in [0.1, 0.15) is 44.2 Å². The van der Waals surface area contributed by atoms with Gasteiger partial charge in [-0.2, -0.15) is 0 Å². The first-order valence-corrected chi connectivity index (χ1v) is 7.77. The first-order chi connectivity index (χ1) is 10.2. The van der Waals surface area contributed by atoms with Gasteiger partial charge >= 0.3 is 0 Å². The predicted molar refractivity (Wildman–Crippen MR) is 85.1 cm³/mol. The van der Waals surface area contributed by atoms with Gasteiger partial charge in [0.15, 0.2) is 0 Å². The summed E-state index contributed by atoms with van der Waals surface area (Å²) >= 11 is 0. The summed E-state index contributed by atoms with van der Waals surface area (Å²) in [6.07, 6.45) is 4.66. The summed E-state index contributed by atoms with van der Waals surface area (Å²) in [7, 11) is 0. The van der Waals surface area contributed by atoms with Crippen molar-refractivity contribution in [1.29, 1.82) is 0 Å². The summed E-state index contributed by atoms with van der Waals surface area (Å²) in [5.74, 6) is -0.261. The van der Waals surface area contributed by atoms with E-state index in [9.17, 15) is 9.59 Å². The number of amides is 2. The monoisotopic (exact) mass is 290 g/mol. The van der Waals surface area contributed by atoms with E-state index in [-0.39, 0.29) is 18.4 Å². The molecule has 21 heavy (non-hydrogen) atoms. The molecule has 0 saturated carbocycles. The SMILES string of the molecule is CCCCc1ccc(CC(=O)NCC(=O)NCCC)cc1. The van der Waals surface area contributed by atoms with E-state index in [1.54, 1.807) is 0 Å². The second-order valence-corrected chi connectivity index (χ2v) is 5.22.